The first-order valence-electron chi connectivity index (χ1n) is 3.98. The monoisotopic (exact) mass is 154 g/mol. The number of rotatable bonds is 0. The van der Waals surface area contributed by atoms with E-state index in [1.54, 1.807) is 0 Å². The highest BCUT2D eigenvalue weighted by Crippen LogP contribution is 2.47. The molecule has 0 aromatic carbocycles. The summed E-state index contributed by atoms with van der Waals surface area (Å²) in [6, 6.07) is 0. The second-order valence-corrected chi connectivity index (χ2v) is 3.40. The molecule has 11 heavy (non-hydrogen) atoms. The third-order valence-electron chi connectivity index (χ3n) is 2.76. The summed E-state index contributed by atoms with van der Waals surface area (Å²) in [4.78, 5) is 21.8. The Morgan fingerprint density at radius 3 is 2.36 bits per heavy atom. The molecule has 0 amide bonds. The lowest BCUT2D eigenvalue weighted by molar-refractivity contribution is -0.179. The van der Waals surface area contributed by atoms with Crippen LogP contribution >= 0.6 is 0 Å². The Balaban J connectivity index is 2.13. The summed E-state index contributed by atoms with van der Waals surface area (Å²) in [6.45, 7) is 0. The van der Waals surface area contributed by atoms with Gasteiger partial charge < -0.3 is 4.74 Å². The van der Waals surface area contributed by atoms with E-state index < -0.39 is 0 Å². The molecule has 3 heteroatoms. The van der Waals surface area contributed by atoms with Gasteiger partial charge in [-0.2, -0.15) is 0 Å². The minimum absolute atomic E-state index is 0.242. The van der Waals surface area contributed by atoms with Crippen LogP contribution in [0.25, 0.3) is 0 Å². The van der Waals surface area contributed by atoms with Crippen molar-refractivity contribution >= 4 is 11.9 Å². The Kier molecular flexibility index (Phi) is 1.28. The average molecular weight is 154 g/mol. The zero-order valence-electron chi connectivity index (χ0n) is 6.26. The van der Waals surface area contributed by atoms with Crippen LogP contribution in [0.15, 0.2) is 0 Å². The van der Waals surface area contributed by atoms with Gasteiger partial charge in [0.05, 0.1) is 5.41 Å². The van der Waals surface area contributed by atoms with Gasteiger partial charge in [0.2, 0.25) is 0 Å². The highest BCUT2D eigenvalue weighted by molar-refractivity contribution is 5.92. The maximum Gasteiger partial charge on any atom is 0.319 e. The minimum Gasteiger partial charge on any atom is -0.393 e. The van der Waals surface area contributed by atoms with E-state index in [0.717, 1.165) is 19.3 Å². The molecule has 2 rings (SSSR count). The zero-order valence-corrected chi connectivity index (χ0v) is 6.26. The summed E-state index contributed by atoms with van der Waals surface area (Å²) >= 11 is 0. The minimum atomic E-state index is -0.354. The van der Waals surface area contributed by atoms with Crippen molar-refractivity contribution in [3.05, 3.63) is 0 Å². The summed E-state index contributed by atoms with van der Waals surface area (Å²) in [7, 11) is 0. The van der Waals surface area contributed by atoms with E-state index in [2.05, 4.69) is 4.74 Å². The standard InChI is InChI=1S/C8H10O3/c9-6-2-5-8(3-1-4-8)7(10)11-6/h1-5H2. The Morgan fingerprint density at radius 1 is 1.18 bits per heavy atom. The van der Waals surface area contributed by atoms with E-state index in [0.29, 0.717) is 12.8 Å². The number of esters is 2. The van der Waals surface area contributed by atoms with Crippen molar-refractivity contribution in [2.24, 2.45) is 5.41 Å². The summed E-state index contributed by atoms with van der Waals surface area (Å²) in [5.74, 6) is -0.632. The zero-order chi connectivity index (χ0) is 7.90. The Bertz CT molecular complexity index is 215. The van der Waals surface area contributed by atoms with Gasteiger partial charge >= 0.3 is 11.9 Å². The SMILES string of the molecule is O=C1CCC2(CCC2)C(=O)O1. The van der Waals surface area contributed by atoms with Crippen molar-refractivity contribution in [2.75, 3.05) is 0 Å². The van der Waals surface area contributed by atoms with Crippen LogP contribution in [-0.4, -0.2) is 11.9 Å². The highest BCUT2D eigenvalue weighted by Gasteiger charge is 2.48. The molecule has 3 nitrogen and oxygen atoms in total. The normalized spacial score (nSPS) is 28.0. The molecule has 0 aromatic rings. The third-order valence-corrected chi connectivity index (χ3v) is 2.76. The fourth-order valence-corrected chi connectivity index (χ4v) is 1.76. The Morgan fingerprint density at radius 2 is 1.91 bits per heavy atom. The van der Waals surface area contributed by atoms with Crippen molar-refractivity contribution in [1.82, 2.24) is 0 Å². The van der Waals surface area contributed by atoms with Crippen LogP contribution in [0.3, 0.4) is 0 Å². The number of cyclic esters (lactones) is 2. The predicted molar refractivity (Wildman–Crippen MR) is 36.6 cm³/mol. The second-order valence-electron chi connectivity index (χ2n) is 3.40. The van der Waals surface area contributed by atoms with Crippen LogP contribution in [0.4, 0.5) is 0 Å². The van der Waals surface area contributed by atoms with E-state index in [9.17, 15) is 9.59 Å². The highest BCUT2D eigenvalue weighted by atomic mass is 16.6. The maximum absolute atomic E-state index is 11.2. The van der Waals surface area contributed by atoms with Crippen LogP contribution in [-0.2, 0) is 14.3 Å². The van der Waals surface area contributed by atoms with E-state index in [1.165, 1.54) is 0 Å². The molecular formula is C8H10O3. The van der Waals surface area contributed by atoms with Gasteiger partial charge in [-0.15, -0.1) is 0 Å². The third kappa shape index (κ3) is 0.870. The van der Waals surface area contributed by atoms with Crippen molar-refractivity contribution in [3.63, 3.8) is 0 Å². The number of ether oxygens (including phenoxy) is 1. The van der Waals surface area contributed by atoms with Gasteiger partial charge in [0.15, 0.2) is 0 Å². The van der Waals surface area contributed by atoms with Crippen LogP contribution in [0.5, 0.6) is 0 Å². The summed E-state index contributed by atoms with van der Waals surface area (Å²) in [5, 5.41) is 0. The van der Waals surface area contributed by atoms with E-state index >= 15 is 0 Å². The van der Waals surface area contributed by atoms with E-state index in [1.807, 2.05) is 0 Å². The van der Waals surface area contributed by atoms with Gasteiger partial charge in [0.1, 0.15) is 0 Å². The predicted octanol–water partition coefficient (Wildman–Crippen LogP) is 1.02. The summed E-state index contributed by atoms with van der Waals surface area (Å²) in [5.41, 5.74) is -0.242. The molecule has 2 fully saturated rings. The molecule has 0 bridgehead atoms. The number of hydrogen-bond donors (Lipinski definition) is 0. The average Bonchev–Trinajstić information content (AvgIpc) is 1.84. The smallest absolute Gasteiger partial charge is 0.319 e. The lowest BCUT2D eigenvalue weighted by Crippen LogP contribution is -2.44. The lowest BCUT2D eigenvalue weighted by atomic mass is 9.65. The van der Waals surface area contributed by atoms with Crippen molar-refractivity contribution in [2.45, 2.75) is 32.1 Å². The molecule has 2 aliphatic rings. The molecule has 1 saturated carbocycles. The molecule has 1 aliphatic carbocycles. The number of carbonyl (C=O) groups is 2. The quantitative estimate of drug-likeness (QED) is 0.386. The molecule has 1 saturated heterocycles. The molecule has 0 N–H and O–H groups in total. The molecule has 0 radical (unpaired) electrons. The summed E-state index contributed by atoms with van der Waals surface area (Å²) in [6.07, 6.45) is 4.07. The largest absolute Gasteiger partial charge is 0.393 e. The Hall–Kier alpha value is -0.860. The van der Waals surface area contributed by atoms with Gasteiger partial charge in [-0.25, -0.2) is 0 Å². The number of carbonyl (C=O) groups excluding carboxylic acids is 2. The maximum atomic E-state index is 11.2. The van der Waals surface area contributed by atoms with Crippen LogP contribution < -0.4 is 0 Å². The fourth-order valence-electron chi connectivity index (χ4n) is 1.76. The van der Waals surface area contributed by atoms with Crippen LogP contribution in [0.2, 0.25) is 0 Å². The molecule has 60 valence electrons. The molecule has 1 heterocycles. The van der Waals surface area contributed by atoms with Crippen molar-refractivity contribution in [3.8, 4) is 0 Å². The van der Waals surface area contributed by atoms with Gasteiger partial charge in [0.25, 0.3) is 0 Å². The first-order chi connectivity index (χ1) is 5.23. The van der Waals surface area contributed by atoms with Crippen LogP contribution in [0.1, 0.15) is 32.1 Å². The molecule has 1 spiro atoms. The lowest BCUT2D eigenvalue weighted by Gasteiger charge is -2.40. The van der Waals surface area contributed by atoms with Crippen LogP contribution in [0, 0.1) is 5.41 Å². The van der Waals surface area contributed by atoms with Crippen molar-refractivity contribution in [1.29, 1.82) is 0 Å². The molecule has 0 unspecified atom stereocenters. The summed E-state index contributed by atoms with van der Waals surface area (Å²) < 4.78 is 4.57. The van der Waals surface area contributed by atoms with Gasteiger partial charge in [-0.3, -0.25) is 9.59 Å². The fraction of sp³-hybridized carbons (Fsp3) is 0.750. The molecule has 0 atom stereocenters. The van der Waals surface area contributed by atoms with E-state index in [4.69, 9.17) is 0 Å². The second kappa shape index (κ2) is 2.06. The van der Waals surface area contributed by atoms with E-state index in [-0.39, 0.29) is 17.4 Å². The van der Waals surface area contributed by atoms with Gasteiger partial charge in [-0.05, 0) is 19.3 Å². The molecular weight excluding hydrogens is 144 g/mol. The molecule has 1 aliphatic heterocycles. The Labute approximate surface area is 64.7 Å². The van der Waals surface area contributed by atoms with Gasteiger partial charge in [0, 0.05) is 6.42 Å². The van der Waals surface area contributed by atoms with Gasteiger partial charge in [-0.1, -0.05) is 6.42 Å². The first-order valence-corrected chi connectivity index (χ1v) is 3.98. The van der Waals surface area contributed by atoms with Crippen molar-refractivity contribution < 1.29 is 14.3 Å². The number of hydrogen-bond acceptors (Lipinski definition) is 3. The first kappa shape index (κ1) is 6.83. The topological polar surface area (TPSA) is 43.4 Å². The molecule has 0 aromatic heterocycles.